The number of benzene rings is 1. The van der Waals surface area contributed by atoms with Crippen molar-refractivity contribution in [3.8, 4) is 0 Å². The van der Waals surface area contributed by atoms with Gasteiger partial charge in [-0.1, -0.05) is 44.0 Å². The van der Waals surface area contributed by atoms with Crippen molar-refractivity contribution in [2.24, 2.45) is 0 Å². The van der Waals surface area contributed by atoms with Gasteiger partial charge in [-0.05, 0) is 49.7 Å². The number of carbonyl (C=O) groups is 1. The van der Waals surface area contributed by atoms with E-state index in [1.165, 1.54) is 36.0 Å². The van der Waals surface area contributed by atoms with E-state index in [4.69, 9.17) is 0 Å². The molecule has 0 heterocycles. The summed E-state index contributed by atoms with van der Waals surface area (Å²) in [4.78, 5) is 12.1. The van der Waals surface area contributed by atoms with E-state index in [0.717, 1.165) is 31.4 Å². The molecule has 114 valence electrons. The zero-order valence-corrected chi connectivity index (χ0v) is 13.2. The second kappa shape index (κ2) is 7.87. The Morgan fingerprint density at radius 1 is 1.10 bits per heavy atom. The lowest BCUT2D eigenvalue weighted by atomic mass is 9.96. The van der Waals surface area contributed by atoms with E-state index >= 15 is 0 Å². The van der Waals surface area contributed by atoms with E-state index < -0.39 is 0 Å². The van der Waals surface area contributed by atoms with Gasteiger partial charge in [0, 0.05) is 11.9 Å². The molecule has 2 amide bonds. The van der Waals surface area contributed by atoms with Gasteiger partial charge < -0.3 is 10.6 Å². The van der Waals surface area contributed by atoms with E-state index in [1.54, 1.807) is 0 Å². The maximum absolute atomic E-state index is 12.1. The summed E-state index contributed by atoms with van der Waals surface area (Å²) in [7, 11) is 0. The predicted molar refractivity (Wildman–Crippen MR) is 88.5 cm³/mol. The molecule has 0 unspecified atom stereocenters. The molecule has 2 N–H and O–H groups in total. The van der Waals surface area contributed by atoms with Crippen LogP contribution in [-0.4, -0.2) is 6.03 Å². The number of para-hydroxylation sites is 1. The van der Waals surface area contributed by atoms with Crippen LogP contribution in [-0.2, 0) is 12.8 Å². The molecule has 0 saturated heterocycles. The van der Waals surface area contributed by atoms with E-state index in [0.29, 0.717) is 0 Å². The second-order valence-corrected chi connectivity index (χ2v) is 5.62. The maximum atomic E-state index is 12.1. The number of rotatable bonds is 4. The van der Waals surface area contributed by atoms with Crippen molar-refractivity contribution >= 4 is 11.7 Å². The number of nitrogens with one attached hydrogen (secondary N) is 2. The zero-order chi connectivity index (χ0) is 15.1. The van der Waals surface area contributed by atoms with Crippen molar-refractivity contribution in [1.82, 2.24) is 5.32 Å². The summed E-state index contributed by atoms with van der Waals surface area (Å²) >= 11 is 0. The molecule has 2 rings (SSSR count). The monoisotopic (exact) mass is 286 g/mol. The molecule has 0 radical (unpaired) electrons. The lowest BCUT2D eigenvalue weighted by Gasteiger charge is -2.16. The first-order valence-corrected chi connectivity index (χ1v) is 8.10. The molecule has 1 aliphatic carbocycles. The highest BCUT2D eigenvalue weighted by atomic mass is 16.2. The minimum atomic E-state index is -0.135. The fourth-order valence-electron chi connectivity index (χ4n) is 2.87. The number of hydrogen-bond donors (Lipinski definition) is 2. The van der Waals surface area contributed by atoms with Gasteiger partial charge in [0.1, 0.15) is 0 Å². The van der Waals surface area contributed by atoms with Crippen molar-refractivity contribution in [3.05, 3.63) is 41.1 Å². The fraction of sp³-hybridized carbons (Fsp3) is 0.500. The van der Waals surface area contributed by atoms with Gasteiger partial charge in [0.15, 0.2) is 0 Å². The molecule has 1 aromatic carbocycles. The first-order chi connectivity index (χ1) is 10.2. The van der Waals surface area contributed by atoms with Gasteiger partial charge in [-0.2, -0.15) is 0 Å². The van der Waals surface area contributed by atoms with Crippen LogP contribution in [0, 0.1) is 0 Å². The van der Waals surface area contributed by atoms with Crippen LogP contribution >= 0.6 is 0 Å². The summed E-state index contributed by atoms with van der Waals surface area (Å²) in [5.74, 6) is 0. The smallest absolute Gasteiger partial charge is 0.314 e. The molecule has 0 aromatic heterocycles. The molecule has 1 aliphatic rings. The van der Waals surface area contributed by atoms with Crippen LogP contribution in [0.4, 0.5) is 10.5 Å². The van der Waals surface area contributed by atoms with Gasteiger partial charge in [0.05, 0.1) is 0 Å². The van der Waals surface area contributed by atoms with Crippen molar-refractivity contribution in [2.75, 3.05) is 5.32 Å². The van der Waals surface area contributed by atoms with Gasteiger partial charge in [0.2, 0.25) is 0 Å². The molecule has 0 atom stereocenters. The van der Waals surface area contributed by atoms with Gasteiger partial charge in [0.25, 0.3) is 0 Å². The average molecular weight is 286 g/mol. The molecular weight excluding hydrogens is 260 g/mol. The van der Waals surface area contributed by atoms with E-state index in [-0.39, 0.29) is 6.03 Å². The Bertz CT molecular complexity index is 490. The summed E-state index contributed by atoms with van der Waals surface area (Å²) in [6.07, 6.45) is 9.77. The van der Waals surface area contributed by atoms with Crippen LogP contribution in [0.3, 0.4) is 0 Å². The number of carbonyl (C=O) groups excluding carboxylic acids is 1. The number of amides is 2. The fourth-order valence-corrected chi connectivity index (χ4v) is 2.87. The minimum absolute atomic E-state index is 0.135. The Kier molecular flexibility index (Phi) is 5.85. The second-order valence-electron chi connectivity index (χ2n) is 5.62. The van der Waals surface area contributed by atoms with Crippen LogP contribution < -0.4 is 10.6 Å². The number of aryl methyl sites for hydroxylation is 2. The van der Waals surface area contributed by atoms with E-state index in [9.17, 15) is 4.79 Å². The van der Waals surface area contributed by atoms with Gasteiger partial charge in [-0.25, -0.2) is 4.79 Å². The van der Waals surface area contributed by atoms with Crippen molar-refractivity contribution < 1.29 is 4.79 Å². The van der Waals surface area contributed by atoms with Crippen molar-refractivity contribution in [2.45, 2.75) is 58.8 Å². The van der Waals surface area contributed by atoms with Crippen LogP contribution in [0.25, 0.3) is 0 Å². The third-order valence-electron chi connectivity index (χ3n) is 4.14. The number of allylic oxidation sites excluding steroid dienone is 1. The number of hydrogen-bond acceptors (Lipinski definition) is 1. The predicted octanol–water partition coefficient (Wildman–Crippen LogP) is 4.78. The molecule has 0 aliphatic heterocycles. The van der Waals surface area contributed by atoms with E-state index in [1.807, 2.05) is 6.20 Å². The third-order valence-corrected chi connectivity index (χ3v) is 4.14. The molecular formula is C18H26N2O. The first-order valence-electron chi connectivity index (χ1n) is 8.10. The number of urea groups is 1. The third kappa shape index (κ3) is 4.35. The average Bonchev–Trinajstić information content (AvgIpc) is 2.54. The molecule has 21 heavy (non-hydrogen) atoms. The van der Waals surface area contributed by atoms with Gasteiger partial charge in [-0.15, -0.1) is 0 Å². The SMILES string of the molecule is CCc1cccc(CC)c1NC(=O)NC=C1CCCCC1. The summed E-state index contributed by atoms with van der Waals surface area (Å²) in [6, 6.07) is 6.08. The van der Waals surface area contributed by atoms with Crippen LogP contribution in [0.1, 0.15) is 57.1 Å². The Labute approximate surface area is 127 Å². The van der Waals surface area contributed by atoms with Crippen LogP contribution in [0.2, 0.25) is 0 Å². The molecule has 3 nitrogen and oxygen atoms in total. The highest BCUT2D eigenvalue weighted by Crippen LogP contribution is 2.23. The normalized spacial score (nSPS) is 14.7. The maximum Gasteiger partial charge on any atom is 0.323 e. The standard InChI is InChI=1S/C18H26N2O/c1-3-15-11-8-12-16(4-2)17(15)20-18(21)19-13-14-9-6-5-7-10-14/h8,11-13H,3-7,9-10H2,1-2H3,(H2,19,20,21). The van der Waals surface area contributed by atoms with Gasteiger partial charge >= 0.3 is 6.03 Å². The topological polar surface area (TPSA) is 41.1 Å². The highest BCUT2D eigenvalue weighted by Gasteiger charge is 2.10. The Balaban J connectivity index is 2.02. The summed E-state index contributed by atoms with van der Waals surface area (Å²) in [6.45, 7) is 4.23. The van der Waals surface area contributed by atoms with Gasteiger partial charge in [-0.3, -0.25) is 0 Å². The Morgan fingerprint density at radius 2 is 1.71 bits per heavy atom. The molecule has 1 aromatic rings. The van der Waals surface area contributed by atoms with E-state index in [2.05, 4.69) is 42.7 Å². The highest BCUT2D eigenvalue weighted by molar-refractivity contribution is 5.91. The lowest BCUT2D eigenvalue weighted by Crippen LogP contribution is -2.25. The lowest BCUT2D eigenvalue weighted by molar-refractivity contribution is 0.255. The largest absolute Gasteiger partial charge is 0.323 e. The molecule has 1 saturated carbocycles. The molecule has 0 bridgehead atoms. The van der Waals surface area contributed by atoms with Crippen LogP contribution in [0.5, 0.6) is 0 Å². The minimum Gasteiger partial charge on any atom is -0.314 e. The van der Waals surface area contributed by atoms with Crippen LogP contribution in [0.15, 0.2) is 30.0 Å². The molecule has 1 fully saturated rings. The zero-order valence-electron chi connectivity index (χ0n) is 13.2. The first kappa shape index (κ1) is 15.6. The van der Waals surface area contributed by atoms with Crippen molar-refractivity contribution in [3.63, 3.8) is 0 Å². The molecule has 0 spiro atoms. The summed E-state index contributed by atoms with van der Waals surface area (Å²) in [5.41, 5.74) is 4.71. The number of anilines is 1. The summed E-state index contributed by atoms with van der Waals surface area (Å²) < 4.78 is 0. The summed E-state index contributed by atoms with van der Waals surface area (Å²) in [5, 5.41) is 5.92. The molecule has 3 heteroatoms. The Morgan fingerprint density at radius 3 is 2.29 bits per heavy atom. The Hall–Kier alpha value is -1.77. The van der Waals surface area contributed by atoms with Crippen molar-refractivity contribution in [1.29, 1.82) is 0 Å². The quantitative estimate of drug-likeness (QED) is 0.821.